The summed E-state index contributed by atoms with van der Waals surface area (Å²) in [6.07, 6.45) is 3.68. The predicted molar refractivity (Wildman–Crippen MR) is 125 cm³/mol. The van der Waals surface area contributed by atoms with Crippen LogP contribution in [0.1, 0.15) is 5.56 Å². The number of anilines is 2. The van der Waals surface area contributed by atoms with E-state index in [1.54, 1.807) is 48.5 Å². The normalized spacial score (nSPS) is 12.5. The standard InChI is InChI=1S/C19H27N3O7S3/c1-30(23,24)20-17-6-4-16(5-7-17)12-13-22(32(3,27)28)14-15-29-19-10-8-18(9-11-19)21-31(2,25)26/h4-11,20-21H,12-15H2,1-3H3. The van der Waals surface area contributed by atoms with Crippen LogP contribution >= 0.6 is 0 Å². The van der Waals surface area contributed by atoms with E-state index in [9.17, 15) is 25.3 Å². The van der Waals surface area contributed by atoms with Crippen molar-refractivity contribution in [3.05, 3.63) is 54.1 Å². The SMILES string of the molecule is CS(=O)(=O)Nc1ccc(CCN(CCOc2ccc(NS(C)(=O)=O)cc2)S(C)(=O)=O)cc1. The van der Waals surface area contributed by atoms with E-state index in [4.69, 9.17) is 4.74 Å². The number of hydrogen-bond donors (Lipinski definition) is 2. The van der Waals surface area contributed by atoms with Crippen LogP contribution in [0.4, 0.5) is 11.4 Å². The maximum absolute atomic E-state index is 12.1. The molecule has 13 heteroatoms. The average molecular weight is 506 g/mol. The topological polar surface area (TPSA) is 139 Å². The van der Waals surface area contributed by atoms with Gasteiger partial charge in [-0.2, -0.15) is 4.31 Å². The second-order valence-electron chi connectivity index (χ2n) is 7.23. The van der Waals surface area contributed by atoms with E-state index in [1.807, 2.05) is 0 Å². The van der Waals surface area contributed by atoms with Gasteiger partial charge in [0.2, 0.25) is 30.1 Å². The smallest absolute Gasteiger partial charge is 0.229 e. The summed E-state index contributed by atoms with van der Waals surface area (Å²) in [5.41, 5.74) is 1.69. The molecule has 2 aromatic rings. The molecule has 0 aliphatic rings. The van der Waals surface area contributed by atoms with Gasteiger partial charge >= 0.3 is 0 Å². The molecule has 10 nitrogen and oxygen atoms in total. The van der Waals surface area contributed by atoms with Crippen LogP contribution in [-0.2, 0) is 36.5 Å². The lowest BCUT2D eigenvalue weighted by Crippen LogP contribution is -2.35. The van der Waals surface area contributed by atoms with Crippen molar-refractivity contribution < 1.29 is 30.0 Å². The third-order valence-electron chi connectivity index (χ3n) is 4.14. The molecule has 0 radical (unpaired) electrons. The summed E-state index contributed by atoms with van der Waals surface area (Å²) >= 11 is 0. The molecule has 32 heavy (non-hydrogen) atoms. The van der Waals surface area contributed by atoms with Gasteiger partial charge in [0.25, 0.3) is 0 Å². The van der Waals surface area contributed by atoms with Crippen LogP contribution in [0.25, 0.3) is 0 Å². The van der Waals surface area contributed by atoms with Gasteiger partial charge in [-0.05, 0) is 48.4 Å². The summed E-state index contributed by atoms with van der Waals surface area (Å²) < 4.78 is 80.8. The summed E-state index contributed by atoms with van der Waals surface area (Å²) in [6.45, 7) is 0.483. The number of sulfonamides is 3. The van der Waals surface area contributed by atoms with Crippen molar-refractivity contribution >= 4 is 41.4 Å². The zero-order valence-corrected chi connectivity index (χ0v) is 20.4. The fourth-order valence-corrected chi connectivity index (χ4v) is 4.71. The molecule has 0 fully saturated rings. The molecule has 0 saturated carbocycles. The van der Waals surface area contributed by atoms with Gasteiger partial charge in [-0.15, -0.1) is 0 Å². The Hall–Kier alpha value is -2.35. The Labute approximate surface area is 189 Å². The first-order chi connectivity index (χ1) is 14.7. The minimum Gasteiger partial charge on any atom is -0.492 e. The number of nitrogens with one attached hydrogen (secondary N) is 2. The van der Waals surface area contributed by atoms with Gasteiger partial charge in [-0.1, -0.05) is 12.1 Å². The van der Waals surface area contributed by atoms with Crippen LogP contribution in [0.5, 0.6) is 5.75 Å². The van der Waals surface area contributed by atoms with Crippen LogP contribution in [0.3, 0.4) is 0 Å². The van der Waals surface area contributed by atoms with E-state index < -0.39 is 30.1 Å². The van der Waals surface area contributed by atoms with Crippen molar-refractivity contribution in [2.24, 2.45) is 0 Å². The first-order valence-electron chi connectivity index (χ1n) is 9.44. The number of hydrogen-bond acceptors (Lipinski definition) is 7. The molecule has 0 aliphatic heterocycles. The molecule has 0 bridgehead atoms. The molecular formula is C19H27N3O7S3. The highest BCUT2D eigenvalue weighted by Gasteiger charge is 2.16. The summed E-state index contributed by atoms with van der Waals surface area (Å²) in [5, 5.41) is 0. The van der Waals surface area contributed by atoms with Gasteiger partial charge in [0.1, 0.15) is 12.4 Å². The molecule has 0 spiro atoms. The number of ether oxygens (including phenoxy) is 1. The maximum Gasteiger partial charge on any atom is 0.229 e. The van der Waals surface area contributed by atoms with Crippen LogP contribution in [-0.4, -0.2) is 68.0 Å². The summed E-state index contributed by atoms with van der Waals surface area (Å²) in [7, 11) is -10.2. The van der Waals surface area contributed by atoms with Crippen molar-refractivity contribution in [2.45, 2.75) is 6.42 Å². The lowest BCUT2D eigenvalue weighted by atomic mass is 10.1. The summed E-state index contributed by atoms with van der Waals surface area (Å²) in [5.74, 6) is 0.478. The van der Waals surface area contributed by atoms with Crippen LogP contribution in [0.15, 0.2) is 48.5 Å². The van der Waals surface area contributed by atoms with Gasteiger partial charge in [-0.25, -0.2) is 25.3 Å². The Kier molecular flexibility index (Phi) is 8.51. The van der Waals surface area contributed by atoms with Crippen LogP contribution < -0.4 is 14.2 Å². The highest BCUT2D eigenvalue weighted by atomic mass is 32.2. The van der Waals surface area contributed by atoms with E-state index in [2.05, 4.69) is 9.44 Å². The molecule has 178 valence electrons. The van der Waals surface area contributed by atoms with Gasteiger partial charge in [0.05, 0.1) is 18.8 Å². The molecule has 0 atom stereocenters. The van der Waals surface area contributed by atoms with E-state index >= 15 is 0 Å². The number of benzene rings is 2. The number of rotatable bonds is 12. The number of nitrogens with zero attached hydrogens (tertiary/aromatic N) is 1. The van der Waals surface area contributed by atoms with E-state index in [0.29, 0.717) is 23.5 Å². The summed E-state index contributed by atoms with van der Waals surface area (Å²) in [4.78, 5) is 0. The molecular weight excluding hydrogens is 478 g/mol. The van der Waals surface area contributed by atoms with E-state index in [-0.39, 0.29) is 19.7 Å². The van der Waals surface area contributed by atoms with Crippen molar-refractivity contribution in [2.75, 3.05) is 47.9 Å². The van der Waals surface area contributed by atoms with Crippen molar-refractivity contribution in [3.8, 4) is 5.75 Å². The minimum absolute atomic E-state index is 0.114. The molecule has 0 saturated heterocycles. The first-order valence-corrected chi connectivity index (χ1v) is 15.1. The second-order valence-corrected chi connectivity index (χ2v) is 12.7. The molecule has 0 aromatic heterocycles. The minimum atomic E-state index is -3.46. The zero-order chi connectivity index (χ0) is 24.0. The second kappa shape index (κ2) is 10.5. The Morgan fingerprint density at radius 1 is 0.719 bits per heavy atom. The average Bonchev–Trinajstić information content (AvgIpc) is 2.63. The highest BCUT2D eigenvalue weighted by molar-refractivity contribution is 7.92. The van der Waals surface area contributed by atoms with Gasteiger partial charge in [0.15, 0.2) is 0 Å². The van der Waals surface area contributed by atoms with Crippen molar-refractivity contribution in [1.82, 2.24) is 4.31 Å². The summed E-state index contributed by atoms with van der Waals surface area (Å²) in [6, 6.07) is 13.0. The fraction of sp³-hybridized carbons (Fsp3) is 0.368. The highest BCUT2D eigenvalue weighted by Crippen LogP contribution is 2.17. The van der Waals surface area contributed by atoms with E-state index in [1.165, 1.54) is 4.31 Å². The monoisotopic (exact) mass is 505 g/mol. The predicted octanol–water partition coefficient (Wildman–Crippen LogP) is 1.31. The molecule has 0 aliphatic carbocycles. The van der Waals surface area contributed by atoms with Gasteiger partial charge < -0.3 is 4.74 Å². The third-order valence-corrected chi connectivity index (χ3v) is 6.66. The Bertz CT molecular complexity index is 1210. The van der Waals surface area contributed by atoms with Gasteiger partial charge in [0, 0.05) is 24.5 Å². The van der Waals surface area contributed by atoms with Gasteiger partial charge in [-0.3, -0.25) is 9.44 Å². The Balaban J connectivity index is 1.90. The fourth-order valence-electron chi connectivity index (χ4n) is 2.75. The van der Waals surface area contributed by atoms with Crippen molar-refractivity contribution in [3.63, 3.8) is 0 Å². The molecule has 0 amide bonds. The lowest BCUT2D eigenvalue weighted by Gasteiger charge is -2.20. The quantitative estimate of drug-likeness (QED) is 0.443. The first kappa shape index (κ1) is 25.9. The van der Waals surface area contributed by atoms with Crippen LogP contribution in [0, 0.1) is 0 Å². The Morgan fingerprint density at radius 3 is 1.62 bits per heavy atom. The molecule has 2 aromatic carbocycles. The van der Waals surface area contributed by atoms with Crippen LogP contribution in [0.2, 0.25) is 0 Å². The molecule has 2 N–H and O–H groups in total. The maximum atomic E-state index is 12.1. The third kappa shape index (κ3) is 9.85. The molecule has 2 rings (SSSR count). The van der Waals surface area contributed by atoms with Crippen molar-refractivity contribution in [1.29, 1.82) is 0 Å². The molecule has 0 unspecified atom stereocenters. The van der Waals surface area contributed by atoms with E-state index in [0.717, 1.165) is 24.3 Å². The lowest BCUT2D eigenvalue weighted by molar-refractivity contribution is 0.274. The largest absolute Gasteiger partial charge is 0.492 e. The Morgan fingerprint density at radius 2 is 1.19 bits per heavy atom. The molecule has 0 heterocycles. The zero-order valence-electron chi connectivity index (χ0n) is 18.0.